The summed E-state index contributed by atoms with van der Waals surface area (Å²) in [5.41, 5.74) is 2.54. The van der Waals surface area contributed by atoms with E-state index in [4.69, 9.17) is 5.11 Å². The topological polar surface area (TPSA) is 60.9 Å². The minimum atomic E-state index is -0.779. The van der Waals surface area contributed by atoms with E-state index in [9.17, 15) is 9.59 Å². The lowest BCUT2D eigenvalue weighted by molar-refractivity contribution is -0.144. The van der Waals surface area contributed by atoms with E-state index in [0.29, 0.717) is 19.6 Å². The van der Waals surface area contributed by atoms with Crippen molar-refractivity contribution >= 4 is 12.0 Å². The first-order chi connectivity index (χ1) is 10.1. The third kappa shape index (κ3) is 2.60. The summed E-state index contributed by atoms with van der Waals surface area (Å²) in [5, 5.41) is 8.99. The molecule has 0 radical (unpaired) electrons. The highest BCUT2D eigenvalue weighted by Crippen LogP contribution is 2.27. The van der Waals surface area contributed by atoms with Gasteiger partial charge in [-0.05, 0) is 17.5 Å². The Morgan fingerprint density at radius 2 is 1.86 bits per heavy atom. The molecule has 1 N–H and O–H groups in total. The van der Waals surface area contributed by atoms with Gasteiger partial charge in [0.25, 0.3) is 0 Å². The SMILES string of the molecule is CC(C(=O)O)C1CN(C(=O)N2CCc3ccccc3C2)C1. The highest BCUT2D eigenvalue weighted by molar-refractivity contribution is 5.76. The fourth-order valence-electron chi connectivity index (χ4n) is 3.05. The number of carbonyl (C=O) groups excluding carboxylic acids is 1. The predicted molar refractivity (Wildman–Crippen MR) is 77.8 cm³/mol. The summed E-state index contributed by atoms with van der Waals surface area (Å²) in [6.07, 6.45) is 0.894. The van der Waals surface area contributed by atoms with Crippen molar-refractivity contribution in [2.45, 2.75) is 19.9 Å². The normalized spacial score (nSPS) is 19.7. The van der Waals surface area contributed by atoms with Crippen LogP contribution in [0, 0.1) is 11.8 Å². The van der Waals surface area contributed by atoms with Gasteiger partial charge in [-0.3, -0.25) is 4.79 Å². The second kappa shape index (κ2) is 5.39. The molecule has 5 heteroatoms. The highest BCUT2D eigenvalue weighted by atomic mass is 16.4. The number of amides is 2. The molecule has 0 spiro atoms. The highest BCUT2D eigenvalue weighted by Gasteiger charge is 2.39. The molecule has 0 bridgehead atoms. The molecule has 2 aliphatic heterocycles. The maximum absolute atomic E-state index is 12.4. The minimum Gasteiger partial charge on any atom is -0.481 e. The van der Waals surface area contributed by atoms with Crippen LogP contribution in [0.3, 0.4) is 0 Å². The van der Waals surface area contributed by atoms with Crippen LogP contribution < -0.4 is 0 Å². The molecule has 1 atom stereocenters. The number of fused-ring (bicyclic) bond motifs is 1. The Balaban J connectivity index is 1.58. The van der Waals surface area contributed by atoms with Gasteiger partial charge in [0.15, 0.2) is 0 Å². The number of hydrogen-bond acceptors (Lipinski definition) is 2. The molecule has 5 nitrogen and oxygen atoms in total. The number of carbonyl (C=O) groups is 2. The standard InChI is InChI=1S/C16H20N2O3/c1-11(15(19)20)14-9-18(10-14)16(21)17-7-6-12-4-2-3-5-13(12)8-17/h2-5,11,14H,6-10H2,1H3,(H,19,20). The van der Waals surface area contributed by atoms with E-state index in [1.54, 1.807) is 11.8 Å². The molecule has 1 fully saturated rings. The zero-order chi connectivity index (χ0) is 15.0. The van der Waals surface area contributed by atoms with E-state index >= 15 is 0 Å². The average molecular weight is 288 g/mol. The van der Waals surface area contributed by atoms with Crippen LogP contribution >= 0.6 is 0 Å². The van der Waals surface area contributed by atoms with Crippen molar-refractivity contribution in [2.75, 3.05) is 19.6 Å². The van der Waals surface area contributed by atoms with E-state index in [1.165, 1.54) is 11.1 Å². The number of benzene rings is 1. The van der Waals surface area contributed by atoms with Crippen molar-refractivity contribution in [1.29, 1.82) is 0 Å². The lowest BCUT2D eigenvalue weighted by Gasteiger charge is -2.44. The van der Waals surface area contributed by atoms with Gasteiger partial charge in [0.05, 0.1) is 5.92 Å². The summed E-state index contributed by atoms with van der Waals surface area (Å²) in [6.45, 7) is 4.23. The van der Waals surface area contributed by atoms with Crippen molar-refractivity contribution < 1.29 is 14.7 Å². The van der Waals surface area contributed by atoms with Gasteiger partial charge in [-0.15, -0.1) is 0 Å². The van der Waals surface area contributed by atoms with Crippen LogP contribution in [0.1, 0.15) is 18.1 Å². The number of likely N-dealkylation sites (tertiary alicyclic amines) is 1. The van der Waals surface area contributed by atoms with Gasteiger partial charge < -0.3 is 14.9 Å². The van der Waals surface area contributed by atoms with Crippen molar-refractivity contribution in [1.82, 2.24) is 9.80 Å². The first-order valence-corrected chi connectivity index (χ1v) is 7.39. The Morgan fingerprint density at radius 3 is 2.52 bits per heavy atom. The van der Waals surface area contributed by atoms with Gasteiger partial charge >= 0.3 is 12.0 Å². The van der Waals surface area contributed by atoms with Crippen LogP contribution in [-0.4, -0.2) is 46.5 Å². The van der Waals surface area contributed by atoms with Gasteiger partial charge in [-0.2, -0.15) is 0 Å². The molecule has 2 amide bonds. The van der Waals surface area contributed by atoms with Crippen molar-refractivity contribution in [3.05, 3.63) is 35.4 Å². The van der Waals surface area contributed by atoms with Crippen molar-refractivity contribution in [3.8, 4) is 0 Å². The van der Waals surface area contributed by atoms with Crippen molar-refractivity contribution in [2.24, 2.45) is 11.8 Å². The molecule has 21 heavy (non-hydrogen) atoms. The number of nitrogens with zero attached hydrogens (tertiary/aromatic N) is 2. The third-order valence-electron chi connectivity index (χ3n) is 4.68. The Morgan fingerprint density at radius 1 is 1.19 bits per heavy atom. The summed E-state index contributed by atoms with van der Waals surface area (Å²) in [7, 11) is 0. The lowest BCUT2D eigenvalue weighted by atomic mass is 9.87. The minimum absolute atomic E-state index is 0.0401. The maximum atomic E-state index is 12.4. The zero-order valence-corrected chi connectivity index (χ0v) is 12.2. The Kier molecular flexibility index (Phi) is 3.57. The van der Waals surface area contributed by atoms with E-state index in [-0.39, 0.29) is 17.9 Å². The molecule has 2 aliphatic rings. The van der Waals surface area contributed by atoms with E-state index in [0.717, 1.165) is 13.0 Å². The Labute approximate surface area is 124 Å². The smallest absolute Gasteiger partial charge is 0.320 e. The zero-order valence-electron chi connectivity index (χ0n) is 12.2. The Bertz CT molecular complexity index is 566. The molecule has 0 aliphatic carbocycles. The van der Waals surface area contributed by atoms with Crippen LogP contribution in [0.2, 0.25) is 0 Å². The second-order valence-electron chi connectivity index (χ2n) is 6.01. The van der Waals surface area contributed by atoms with Gasteiger partial charge in [0.1, 0.15) is 0 Å². The molecule has 1 saturated heterocycles. The van der Waals surface area contributed by atoms with E-state index < -0.39 is 5.97 Å². The van der Waals surface area contributed by atoms with Gasteiger partial charge in [-0.25, -0.2) is 4.79 Å². The number of hydrogen-bond donors (Lipinski definition) is 1. The van der Waals surface area contributed by atoms with Crippen molar-refractivity contribution in [3.63, 3.8) is 0 Å². The monoisotopic (exact) mass is 288 g/mol. The molecule has 2 heterocycles. The number of carboxylic acid groups (broad SMARTS) is 1. The predicted octanol–water partition coefficient (Wildman–Crippen LogP) is 1.82. The molecular weight excluding hydrogens is 268 g/mol. The third-order valence-corrected chi connectivity index (χ3v) is 4.68. The fourth-order valence-corrected chi connectivity index (χ4v) is 3.05. The molecule has 3 rings (SSSR count). The van der Waals surface area contributed by atoms with Crippen LogP contribution in [0.25, 0.3) is 0 Å². The molecule has 1 unspecified atom stereocenters. The number of rotatable bonds is 2. The Hall–Kier alpha value is -2.04. The number of carboxylic acids is 1. The summed E-state index contributed by atoms with van der Waals surface area (Å²) >= 11 is 0. The summed E-state index contributed by atoms with van der Waals surface area (Å²) in [6, 6.07) is 8.26. The molecule has 0 aromatic heterocycles. The largest absolute Gasteiger partial charge is 0.481 e. The van der Waals surface area contributed by atoms with Gasteiger partial charge in [-0.1, -0.05) is 31.2 Å². The van der Waals surface area contributed by atoms with Gasteiger partial charge in [0.2, 0.25) is 0 Å². The first kappa shape index (κ1) is 13.9. The lowest BCUT2D eigenvalue weighted by Crippen LogP contribution is -2.57. The van der Waals surface area contributed by atoms with Crippen LogP contribution in [-0.2, 0) is 17.8 Å². The summed E-state index contributed by atoms with van der Waals surface area (Å²) in [5.74, 6) is -1.07. The summed E-state index contributed by atoms with van der Waals surface area (Å²) in [4.78, 5) is 27.0. The molecule has 1 aromatic rings. The van der Waals surface area contributed by atoms with Crippen LogP contribution in [0.5, 0.6) is 0 Å². The molecule has 0 saturated carbocycles. The molecule has 1 aromatic carbocycles. The van der Waals surface area contributed by atoms with E-state index in [2.05, 4.69) is 12.1 Å². The first-order valence-electron chi connectivity index (χ1n) is 7.39. The molecule has 112 valence electrons. The second-order valence-corrected chi connectivity index (χ2v) is 6.01. The van der Waals surface area contributed by atoms with Crippen LogP contribution in [0.15, 0.2) is 24.3 Å². The number of aliphatic carboxylic acids is 1. The average Bonchev–Trinajstić information content (AvgIpc) is 2.44. The maximum Gasteiger partial charge on any atom is 0.320 e. The quantitative estimate of drug-likeness (QED) is 0.903. The summed E-state index contributed by atoms with van der Waals surface area (Å²) < 4.78 is 0. The number of urea groups is 1. The molecular formula is C16H20N2O3. The van der Waals surface area contributed by atoms with E-state index in [1.807, 2.05) is 17.0 Å². The fraction of sp³-hybridized carbons (Fsp3) is 0.500. The van der Waals surface area contributed by atoms with Gasteiger partial charge in [0, 0.05) is 32.1 Å². The van der Waals surface area contributed by atoms with Crippen LogP contribution in [0.4, 0.5) is 4.79 Å².